The van der Waals surface area contributed by atoms with Crippen molar-refractivity contribution in [2.24, 2.45) is 0 Å². The summed E-state index contributed by atoms with van der Waals surface area (Å²) in [4.78, 5) is 18.4. The van der Waals surface area contributed by atoms with E-state index in [2.05, 4.69) is 15.3 Å². The predicted molar refractivity (Wildman–Crippen MR) is 55.7 cm³/mol. The van der Waals surface area contributed by atoms with E-state index in [1.54, 1.807) is 19.1 Å². The molecule has 0 atom stereocenters. The molecule has 0 unspecified atom stereocenters. The van der Waals surface area contributed by atoms with Crippen molar-refractivity contribution in [1.29, 1.82) is 0 Å². The molecule has 2 heterocycles. The lowest BCUT2D eigenvalue weighted by molar-refractivity contribution is 0.0697. The molecule has 0 aliphatic carbocycles. The third kappa shape index (κ3) is 2.00. The van der Waals surface area contributed by atoms with Gasteiger partial charge >= 0.3 is 5.97 Å². The van der Waals surface area contributed by atoms with E-state index in [0.29, 0.717) is 5.88 Å². The van der Waals surface area contributed by atoms with Crippen LogP contribution in [0.2, 0.25) is 0 Å². The quantitative estimate of drug-likeness (QED) is 0.818. The zero-order valence-corrected chi connectivity index (χ0v) is 8.47. The number of carboxylic acids is 1. The van der Waals surface area contributed by atoms with Crippen molar-refractivity contribution in [1.82, 2.24) is 9.97 Å². The lowest BCUT2D eigenvalue weighted by atomic mass is 10.3. The Balaban J connectivity index is 2.31. The molecule has 0 fully saturated rings. The predicted octanol–water partition coefficient (Wildman–Crippen LogP) is 1.82. The van der Waals surface area contributed by atoms with E-state index in [0.717, 1.165) is 5.76 Å². The summed E-state index contributed by atoms with van der Waals surface area (Å²) in [5.41, 5.74) is -0.00319. The smallest absolute Gasteiger partial charge is 0.341 e. The first-order valence-electron chi connectivity index (χ1n) is 4.53. The van der Waals surface area contributed by atoms with Gasteiger partial charge in [0.1, 0.15) is 17.7 Å². The molecule has 2 aromatic heterocycles. The van der Waals surface area contributed by atoms with E-state index in [9.17, 15) is 4.79 Å². The average molecular weight is 219 g/mol. The Hall–Kier alpha value is -2.37. The van der Waals surface area contributed by atoms with Gasteiger partial charge < -0.3 is 14.8 Å². The summed E-state index contributed by atoms with van der Waals surface area (Å²) < 4.78 is 5.26. The average Bonchev–Trinajstić information content (AvgIpc) is 2.64. The van der Waals surface area contributed by atoms with Crippen molar-refractivity contribution in [3.05, 3.63) is 36.0 Å². The van der Waals surface area contributed by atoms with E-state index >= 15 is 0 Å². The Labute approximate surface area is 91.0 Å². The fraction of sp³-hybridized carbons (Fsp3) is 0.100. The maximum Gasteiger partial charge on any atom is 0.341 e. The highest BCUT2D eigenvalue weighted by Crippen LogP contribution is 2.19. The second-order valence-corrected chi connectivity index (χ2v) is 3.13. The molecule has 0 saturated heterocycles. The van der Waals surface area contributed by atoms with E-state index in [-0.39, 0.29) is 11.4 Å². The number of furan rings is 1. The molecule has 2 aromatic rings. The number of rotatable bonds is 3. The third-order valence-electron chi connectivity index (χ3n) is 1.92. The van der Waals surface area contributed by atoms with Crippen LogP contribution in [0.5, 0.6) is 0 Å². The summed E-state index contributed by atoms with van der Waals surface area (Å²) in [5, 5.41) is 11.7. The van der Waals surface area contributed by atoms with Crippen LogP contribution >= 0.6 is 0 Å². The van der Waals surface area contributed by atoms with Gasteiger partial charge in [-0.1, -0.05) is 0 Å². The van der Waals surface area contributed by atoms with E-state index < -0.39 is 5.97 Å². The van der Waals surface area contributed by atoms with Crippen molar-refractivity contribution < 1.29 is 14.3 Å². The SMILES string of the molecule is Cc1ccc(Nc2ncncc2C(=O)O)o1. The van der Waals surface area contributed by atoms with Gasteiger partial charge in [0.2, 0.25) is 0 Å². The van der Waals surface area contributed by atoms with Crippen LogP contribution in [0.4, 0.5) is 11.7 Å². The van der Waals surface area contributed by atoms with Gasteiger partial charge in [0.25, 0.3) is 0 Å². The minimum atomic E-state index is -1.09. The summed E-state index contributed by atoms with van der Waals surface area (Å²) in [6, 6.07) is 3.47. The van der Waals surface area contributed by atoms with Gasteiger partial charge in [0.15, 0.2) is 11.7 Å². The Kier molecular flexibility index (Phi) is 2.55. The van der Waals surface area contributed by atoms with Crippen LogP contribution in [0.1, 0.15) is 16.1 Å². The molecule has 2 N–H and O–H groups in total. The molecule has 0 bridgehead atoms. The topological polar surface area (TPSA) is 88.2 Å². The third-order valence-corrected chi connectivity index (χ3v) is 1.92. The molecule has 82 valence electrons. The molecule has 0 aliphatic rings. The molecule has 0 saturated carbocycles. The molecule has 2 rings (SSSR count). The molecular weight excluding hydrogens is 210 g/mol. The highest BCUT2D eigenvalue weighted by Gasteiger charge is 2.12. The minimum absolute atomic E-state index is 0.00319. The van der Waals surface area contributed by atoms with E-state index in [1.165, 1.54) is 12.5 Å². The number of aryl methyl sites for hydroxylation is 1. The first-order valence-corrected chi connectivity index (χ1v) is 4.53. The maximum absolute atomic E-state index is 10.9. The molecule has 0 amide bonds. The largest absolute Gasteiger partial charge is 0.477 e. The number of aromatic nitrogens is 2. The highest BCUT2D eigenvalue weighted by atomic mass is 16.4. The molecule has 0 radical (unpaired) electrons. The summed E-state index contributed by atoms with van der Waals surface area (Å²) in [6.07, 6.45) is 2.50. The molecule has 6 nitrogen and oxygen atoms in total. The van der Waals surface area contributed by atoms with Gasteiger partial charge in [-0.05, 0) is 13.0 Å². The van der Waals surface area contributed by atoms with Crippen LogP contribution < -0.4 is 5.32 Å². The fourth-order valence-corrected chi connectivity index (χ4v) is 1.20. The zero-order valence-electron chi connectivity index (χ0n) is 8.47. The Bertz CT molecular complexity index is 522. The summed E-state index contributed by atoms with van der Waals surface area (Å²) in [6.45, 7) is 1.79. The molecular formula is C10H9N3O3. The summed E-state index contributed by atoms with van der Waals surface area (Å²) in [7, 11) is 0. The van der Waals surface area contributed by atoms with Crippen molar-refractivity contribution in [2.45, 2.75) is 6.92 Å². The van der Waals surface area contributed by atoms with Crippen molar-refractivity contribution in [3.63, 3.8) is 0 Å². The molecule has 6 heteroatoms. The zero-order chi connectivity index (χ0) is 11.5. The number of nitrogens with one attached hydrogen (secondary N) is 1. The van der Waals surface area contributed by atoms with Crippen molar-refractivity contribution in [2.75, 3.05) is 5.32 Å². The van der Waals surface area contributed by atoms with Gasteiger partial charge in [0.05, 0.1) is 0 Å². The molecule has 0 aliphatic heterocycles. The standard InChI is InChI=1S/C10H9N3O3/c1-6-2-3-8(16-6)13-9-7(10(14)15)4-11-5-12-9/h2-5H,1H3,(H,14,15)(H,11,12,13). The number of hydrogen-bond donors (Lipinski definition) is 2. The second kappa shape index (κ2) is 4.01. The van der Waals surface area contributed by atoms with Gasteiger partial charge in [-0.15, -0.1) is 0 Å². The molecule has 0 aromatic carbocycles. The lowest BCUT2D eigenvalue weighted by Gasteiger charge is -2.04. The van der Waals surface area contributed by atoms with Crippen LogP contribution in [0, 0.1) is 6.92 Å². The van der Waals surface area contributed by atoms with E-state index in [4.69, 9.17) is 9.52 Å². The first-order chi connectivity index (χ1) is 7.66. The number of carboxylic acid groups (broad SMARTS) is 1. The van der Waals surface area contributed by atoms with Crippen molar-refractivity contribution in [3.8, 4) is 0 Å². The van der Waals surface area contributed by atoms with Crippen LogP contribution in [0.25, 0.3) is 0 Å². The van der Waals surface area contributed by atoms with Gasteiger partial charge in [0, 0.05) is 12.3 Å². The molecule has 0 spiro atoms. The van der Waals surface area contributed by atoms with Crippen LogP contribution in [0.15, 0.2) is 29.1 Å². The number of anilines is 2. The molecule has 16 heavy (non-hydrogen) atoms. The van der Waals surface area contributed by atoms with Crippen molar-refractivity contribution >= 4 is 17.7 Å². The number of nitrogens with zero attached hydrogens (tertiary/aromatic N) is 2. The minimum Gasteiger partial charge on any atom is -0.477 e. The summed E-state index contributed by atoms with van der Waals surface area (Å²) in [5.74, 6) is 0.287. The van der Waals surface area contributed by atoms with Gasteiger partial charge in [-0.3, -0.25) is 0 Å². The Morgan fingerprint density at radius 3 is 2.94 bits per heavy atom. The van der Waals surface area contributed by atoms with Gasteiger partial charge in [-0.2, -0.15) is 0 Å². The monoisotopic (exact) mass is 219 g/mol. The normalized spacial score (nSPS) is 10.1. The fourth-order valence-electron chi connectivity index (χ4n) is 1.20. The number of aromatic carboxylic acids is 1. The Morgan fingerprint density at radius 1 is 1.50 bits per heavy atom. The Morgan fingerprint density at radius 2 is 2.31 bits per heavy atom. The van der Waals surface area contributed by atoms with Crippen LogP contribution in [0.3, 0.4) is 0 Å². The van der Waals surface area contributed by atoms with Gasteiger partial charge in [-0.25, -0.2) is 14.8 Å². The highest BCUT2D eigenvalue weighted by molar-refractivity contribution is 5.93. The summed E-state index contributed by atoms with van der Waals surface area (Å²) >= 11 is 0. The number of hydrogen-bond acceptors (Lipinski definition) is 5. The van der Waals surface area contributed by atoms with Crippen LogP contribution in [-0.2, 0) is 0 Å². The maximum atomic E-state index is 10.9. The lowest BCUT2D eigenvalue weighted by Crippen LogP contribution is -2.04. The second-order valence-electron chi connectivity index (χ2n) is 3.13. The first kappa shape index (κ1) is 10.2. The van der Waals surface area contributed by atoms with E-state index in [1.807, 2.05) is 0 Å². The van der Waals surface area contributed by atoms with Crippen LogP contribution in [-0.4, -0.2) is 21.0 Å². The number of carbonyl (C=O) groups is 1.